The van der Waals surface area contributed by atoms with Gasteiger partial charge in [0.15, 0.2) is 0 Å². The third-order valence-electron chi connectivity index (χ3n) is 3.06. The summed E-state index contributed by atoms with van der Waals surface area (Å²) in [5.74, 6) is -2.57. The number of carboxylic acid groups (broad SMARTS) is 2. The van der Waals surface area contributed by atoms with Crippen molar-refractivity contribution in [1.29, 1.82) is 0 Å². The van der Waals surface area contributed by atoms with Crippen LogP contribution < -0.4 is 0 Å². The Morgan fingerprint density at radius 2 is 1.67 bits per heavy atom. The van der Waals surface area contributed by atoms with Crippen LogP contribution >= 0.6 is 0 Å². The van der Waals surface area contributed by atoms with Gasteiger partial charge in [0.05, 0.1) is 11.3 Å². The summed E-state index contributed by atoms with van der Waals surface area (Å²) >= 11 is 0. The van der Waals surface area contributed by atoms with Crippen LogP contribution in [0.4, 0.5) is 0 Å². The van der Waals surface area contributed by atoms with E-state index in [0.717, 1.165) is 6.42 Å². The molecule has 0 fully saturated rings. The van der Waals surface area contributed by atoms with Gasteiger partial charge in [0.2, 0.25) is 0 Å². The lowest BCUT2D eigenvalue weighted by Crippen LogP contribution is -2.38. The molecule has 0 aromatic rings. The lowest BCUT2D eigenvalue weighted by molar-refractivity contribution is -0.161. The van der Waals surface area contributed by atoms with Crippen molar-refractivity contribution in [3.63, 3.8) is 0 Å². The molecule has 0 saturated carbocycles. The van der Waals surface area contributed by atoms with E-state index < -0.39 is 23.3 Å². The summed E-state index contributed by atoms with van der Waals surface area (Å²) in [7, 11) is 0. The van der Waals surface area contributed by atoms with Crippen LogP contribution in [0.1, 0.15) is 40.5 Å². The summed E-state index contributed by atoms with van der Waals surface area (Å²) in [5, 5.41) is 18.0. The van der Waals surface area contributed by atoms with Gasteiger partial charge in [-0.3, -0.25) is 9.59 Å². The first-order valence-corrected chi connectivity index (χ1v) is 5.18. The van der Waals surface area contributed by atoms with Crippen LogP contribution in [0.2, 0.25) is 0 Å². The molecule has 4 nitrogen and oxygen atoms in total. The second-order valence-corrected chi connectivity index (χ2v) is 4.72. The Hall–Kier alpha value is -1.06. The summed E-state index contributed by atoms with van der Waals surface area (Å²) in [6.45, 7) is 6.95. The van der Waals surface area contributed by atoms with Crippen LogP contribution in [-0.4, -0.2) is 22.2 Å². The average Bonchev–Trinajstić information content (AvgIpc) is 2.12. The molecule has 0 spiro atoms. The highest BCUT2D eigenvalue weighted by atomic mass is 16.4. The zero-order valence-corrected chi connectivity index (χ0v) is 9.78. The van der Waals surface area contributed by atoms with Gasteiger partial charge in [-0.1, -0.05) is 20.8 Å². The van der Waals surface area contributed by atoms with Gasteiger partial charge < -0.3 is 10.2 Å². The van der Waals surface area contributed by atoms with E-state index in [9.17, 15) is 9.59 Å². The molecular weight excluding hydrogens is 196 g/mol. The van der Waals surface area contributed by atoms with Crippen LogP contribution in [0, 0.1) is 17.3 Å². The Morgan fingerprint density at radius 1 is 1.20 bits per heavy atom. The predicted octanol–water partition coefficient (Wildman–Crippen LogP) is 2.23. The molecule has 0 aliphatic carbocycles. The minimum atomic E-state index is -1.17. The minimum absolute atomic E-state index is 0.379. The monoisotopic (exact) mass is 216 g/mol. The van der Waals surface area contributed by atoms with Gasteiger partial charge in [-0.25, -0.2) is 0 Å². The molecule has 0 heterocycles. The van der Waals surface area contributed by atoms with E-state index >= 15 is 0 Å². The van der Waals surface area contributed by atoms with Gasteiger partial charge in [0.25, 0.3) is 0 Å². The predicted molar refractivity (Wildman–Crippen MR) is 56.6 cm³/mol. The maximum atomic E-state index is 11.1. The number of carboxylic acids is 2. The minimum Gasteiger partial charge on any atom is -0.481 e. The Labute approximate surface area is 90.3 Å². The van der Waals surface area contributed by atoms with Gasteiger partial charge in [0.1, 0.15) is 0 Å². The molecule has 0 amide bonds. The molecule has 0 saturated heterocycles. The summed E-state index contributed by atoms with van der Waals surface area (Å²) in [5.41, 5.74) is -1.17. The third kappa shape index (κ3) is 3.53. The van der Waals surface area contributed by atoms with Crippen LogP contribution in [-0.2, 0) is 9.59 Å². The molecule has 2 unspecified atom stereocenters. The highest BCUT2D eigenvalue weighted by Gasteiger charge is 2.42. The fraction of sp³-hybridized carbons (Fsp3) is 0.818. The molecule has 4 heteroatoms. The van der Waals surface area contributed by atoms with Crippen molar-refractivity contribution < 1.29 is 19.8 Å². The average molecular weight is 216 g/mol. The van der Waals surface area contributed by atoms with E-state index in [1.165, 1.54) is 13.8 Å². The van der Waals surface area contributed by atoms with Crippen LogP contribution in [0.3, 0.4) is 0 Å². The molecule has 0 rings (SSSR count). The van der Waals surface area contributed by atoms with E-state index in [1.807, 2.05) is 13.8 Å². The quantitative estimate of drug-likeness (QED) is 0.714. The molecule has 0 aromatic carbocycles. The van der Waals surface area contributed by atoms with E-state index in [-0.39, 0.29) is 0 Å². The smallest absolute Gasteiger partial charge is 0.310 e. The topological polar surface area (TPSA) is 74.6 Å². The molecule has 88 valence electrons. The van der Waals surface area contributed by atoms with E-state index in [4.69, 9.17) is 10.2 Å². The molecule has 0 aromatic heterocycles. The molecule has 15 heavy (non-hydrogen) atoms. The first-order chi connectivity index (χ1) is 6.71. The summed E-state index contributed by atoms with van der Waals surface area (Å²) in [6.07, 6.45) is 1.12. The summed E-state index contributed by atoms with van der Waals surface area (Å²) in [4.78, 5) is 21.9. The Balaban J connectivity index is 4.74. The van der Waals surface area contributed by atoms with Gasteiger partial charge in [-0.05, 0) is 25.7 Å². The zero-order valence-electron chi connectivity index (χ0n) is 9.78. The maximum absolute atomic E-state index is 11.1. The molecule has 0 aliphatic rings. The van der Waals surface area contributed by atoms with Crippen molar-refractivity contribution in [1.82, 2.24) is 0 Å². The molecule has 0 bridgehead atoms. The molecule has 0 radical (unpaired) electrons. The molecular formula is C11H20O4. The lowest BCUT2D eigenvalue weighted by atomic mass is 9.73. The number of hydrogen-bond donors (Lipinski definition) is 2. The van der Waals surface area contributed by atoms with Crippen LogP contribution in [0.25, 0.3) is 0 Å². The second-order valence-electron chi connectivity index (χ2n) is 4.72. The maximum Gasteiger partial charge on any atom is 0.310 e. The number of aliphatic carboxylic acids is 2. The Morgan fingerprint density at radius 3 is 1.93 bits per heavy atom. The Kier molecular flexibility index (Phi) is 4.78. The molecule has 2 N–H and O–H groups in total. The first-order valence-electron chi connectivity index (χ1n) is 5.18. The van der Waals surface area contributed by atoms with Crippen molar-refractivity contribution in [3.05, 3.63) is 0 Å². The van der Waals surface area contributed by atoms with E-state index in [0.29, 0.717) is 12.3 Å². The highest BCUT2D eigenvalue weighted by molar-refractivity contribution is 5.82. The van der Waals surface area contributed by atoms with Gasteiger partial charge in [-0.15, -0.1) is 0 Å². The van der Waals surface area contributed by atoms with Crippen LogP contribution in [0.5, 0.6) is 0 Å². The van der Waals surface area contributed by atoms with Crippen molar-refractivity contribution in [2.24, 2.45) is 17.3 Å². The fourth-order valence-corrected chi connectivity index (χ4v) is 1.37. The summed E-state index contributed by atoms with van der Waals surface area (Å²) in [6, 6.07) is 0. The standard InChI is InChI=1S/C11H20O4/c1-7(2)5-6-11(4,10(14)15)8(3)9(12)13/h7-8H,5-6H2,1-4H3,(H,12,13)(H,14,15). The summed E-state index contributed by atoms with van der Waals surface area (Å²) < 4.78 is 0. The third-order valence-corrected chi connectivity index (χ3v) is 3.06. The lowest BCUT2D eigenvalue weighted by Gasteiger charge is -2.29. The first kappa shape index (κ1) is 13.9. The van der Waals surface area contributed by atoms with Crippen molar-refractivity contribution >= 4 is 11.9 Å². The largest absolute Gasteiger partial charge is 0.481 e. The number of hydrogen-bond acceptors (Lipinski definition) is 2. The van der Waals surface area contributed by atoms with Gasteiger partial charge in [0, 0.05) is 0 Å². The van der Waals surface area contributed by atoms with Crippen molar-refractivity contribution in [3.8, 4) is 0 Å². The molecule has 2 atom stereocenters. The van der Waals surface area contributed by atoms with E-state index in [1.54, 1.807) is 0 Å². The van der Waals surface area contributed by atoms with Crippen molar-refractivity contribution in [2.75, 3.05) is 0 Å². The Bertz CT molecular complexity index is 247. The number of carbonyl (C=O) groups is 2. The fourth-order valence-electron chi connectivity index (χ4n) is 1.37. The van der Waals surface area contributed by atoms with E-state index in [2.05, 4.69) is 0 Å². The van der Waals surface area contributed by atoms with Crippen molar-refractivity contribution in [2.45, 2.75) is 40.5 Å². The normalized spacial score (nSPS) is 17.1. The van der Waals surface area contributed by atoms with Crippen LogP contribution in [0.15, 0.2) is 0 Å². The second kappa shape index (κ2) is 5.14. The number of rotatable bonds is 6. The van der Waals surface area contributed by atoms with Gasteiger partial charge in [-0.2, -0.15) is 0 Å². The van der Waals surface area contributed by atoms with Gasteiger partial charge >= 0.3 is 11.9 Å². The molecule has 0 aliphatic heterocycles. The highest BCUT2D eigenvalue weighted by Crippen LogP contribution is 2.34. The SMILES string of the molecule is CC(C)CCC(C)(C(=O)O)C(C)C(=O)O. The zero-order chi connectivity index (χ0) is 12.2.